The van der Waals surface area contributed by atoms with Gasteiger partial charge in [0.05, 0.1) is 36.7 Å². The van der Waals surface area contributed by atoms with E-state index < -0.39 is 23.2 Å². The second kappa shape index (κ2) is 8.75. The van der Waals surface area contributed by atoms with E-state index in [0.717, 1.165) is 12.1 Å². The number of morpholine rings is 1. The zero-order valence-electron chi connectivity index (χ0n) is 17.2. The molecule has 1 amide bonds. The Kier molecular flexibility index (Phi) is 6.02. The summed E-state index contributed by atoms with van der Waals surface area (Å²) >= 11 is 0. The molecule has 0 spiro atoms. The van der Waals surface area contributed by atoms with E-state index in [0.29, 0.717) is 31.9 Å². The van der Waals surface area contributed by atoms with Crippen LogP contribution in [0.3, 0.4) is 0 Å². The third-order valence-corrected chi connectivity index (χ3v) is 5.46. The Morgan fingerprint density at radius 3 is 2.59 bits per heavy atom. The first-order valence-electron chi connectivity index (χ1n) is 9.99. The number of fused-ring (bicyclic) bond motifs is 1. The Morgan fingerprint density at radius 1 is 1.25 bits per heavy atom. The number of amides is 1. The van der Waals surface area contributed by atoms with E-state index >= 15 is 0 Å². The summed E-state index contributed by atoms with van der Waals surface area (Å²) in [5.41, 5.74) is -0.456. The lowest BCUT2D eigenvalue weighted by molar-refractivity contribution is -0.137. The summed E-state index contributed by atoms with van der Waals surface area (Å²) in [5, 5.41) is 2.86. The van der Waals surface area contributed by atoms with Gasteiger partial charge in [0.1, 0.15) is 11.1 Å². The number of hydrogen-bond donors (Lipinski definition) is 2. The monoisotopic (exact) mass is 450 g/mol. The van der Waals surface area contributed by atoms with Gasteiger partial charge in [-0.3, -0.25) is 14.5 Å². The second-order valence-electron chi connectivity index (χ2n) is 7.44. The molecule has 4 rings (SSSR count). The highest BCUT2D eigenvalue weighted by atomic mass is 19.4. The molecule has 0 radical (unpaired) electrons. The van der Waals surface area contributed by atoms with Gasteiger partial charge in [-0.2, -0.15) is 13.2 Å². The number of alkyl halides is 3. The standard InChI is InChI=1S/C21H21F3N4O4/c1-12-16(17-19(30)26-11-27-20(17)32-12)18(29)25-10-15(28-6-8-31-9-7-28)13-2-4-14(5-3-13)21(22,23)24/h2-5,11,15H,6-10H2,1H3,(H,25,29)(H,26,27,30). The average molecular weight is 450 g/mol. The summed E-state index contributed by atoms with van der Waals surface area (Å²) in [6.07, 6.45) is -3.24. The molecule has 2 N–H and O–H groups in total. The minimum atomic E-state index is -4.43. The van der Waals surface area contributed by atoms with E-state index in [1.807, 2.05) is 4.90 Å². The molecule has 3 aromatic rings. The summed E-state index contributed by atoms with van der Waals surface area (Å²) in [6.45, 7) is 3.78. The van der Waals surface area contributed by atoms with Crippen molar-refractivity contribution in [3.8, 4) is 0 Å². The van der Waals surface area contributed by atoms with Gasteiger partial charge in [0, 0.05) is 19.6 Å². The molecule has 2 aromatic heterocycles. The molecule has 1 atom stereocenters. The lowest BCUT2D eigenvalue weighted by atomic mass is 10.0. The SMILES string of the molecule is Cc1oc2nc[nH]c(=O)c2c1C(=O)NCC(c1ccc(C(F)(F)F)cc1)N1CCOCC1. The first-order valence-corrected chi connectivity index (χ1v) is 9.99. The Balaban J connectivity index is 1.59. The van der Waals surface area contributed by atoms with Crippen LogP contribution >= 0.6 is 0 Å². The van der Waals surface area contributed by atoms with Crippen molar-refractivity contribution in [2.75, 3.05) is 32.8 Å². The normalized spacial score (nSPS) is 16.2. The van der Waals surface area contributed by atoms with Crippen LogP contribution in [0.25, 0.3) is 11.1 Å². The third kappa shape index (κ3) is 4.39. The molecule has 1 aliphatic heterocycles. The molecule has 1 fully saturated rings. The summed E-state index contributed by atoms with van der Waals surface area (Å²) in [5.74, 6) is -0.274. The van der Waals surface area contributed by atoms with Crippen molar-refractivity contribution in [3.05, 3.63) is 63.4 Å². The highest BCUT2D eigenvalue weighted by molar-refractivity contribution is 6.06. The summed E-state index contributed by atoms with van der Waals surface area (Å²) in [6, 6.07) is 4.53. The van der Waals surface area contributed by atoms with Crippen molar-refractivity contribution >= 4 is 17.0 Å². The summed E-state index contributed by atoms with van der Waals surface area (Å²) < 4.78 is 49.7. The van der Waals surface area contributed by atoms with Crippen molar-refractivity contribution in [3.63, 3.8) is 0 Å². The molecular formula is C21H21F3N4O4. The molecule has 1 saturated heterocycles. The number of aryl methyl sites for hydroxylation is 1. The fourth-order valence-electron chi connectivity index (χ4n) is 3.85. The van der Waals surface area contributed by atoms with Crippen molar-refractivity contribution in [2.24, 2.45) is 0 Å². The number of ether oxygens (including phenoxy) is 1. The number of halogens is 3. The maximum atomic E-state index is 13.0. The predicted molar refractivity (Wildman–Crippen MR) is 108 cm³/mol. The number of carbonyl (C=O) groups excluding carboxylic acids is 1. The number of nitrogens with one attached hydrogen (secondary N) is 2. The smallest absolute Gasteiger partial charge is 0.416 e. The molecule has 32 heavy (non-hydrogen) atoms. The molecule has 3 heterocycles. The number of nitrogens with zero attached hydrogens (tertiary/aromatic N) is 2. The number of aromatic nitrogens is 2. The first-order chi connectivity index (χ1) is 15.3. The number of H-pyrrole nitrogens is 1. The van der Waals surface area contributed by atoms with Crippen molar-refractivity contribution in [1.29, 1.82) is 0 Å². The number of aromatic amines is 1. The summed E-state index contributed by atoms with van der Waals surface area (Å²) in [7, 11) is 0. The fraction of sp³-hybridized carbons (Fsp3) is 0.381. The van der Waals surface area contributed by atoms with Crippen LogP contribution in [0.5, 0.6) is 0 Å². The van der Waals surface area contributed by atoms with Gasteiger partial charge in [0.15, 0.2) is 0 Å². The Labute approximate surface area is 180 Å². The van der Waals surface area contributed by atoms with Crippen LogP contribution in [-0.2, 0) is 10.9 Å². The lowest BCUT2D eigenvalue weighted by Gasteiger charge is -2.35. The van der Waals surface area contributed by atoms with Gasteiger partial charge in [0.25, 0.3) is 11.5 Å². The molecule has 0 saturated carbocycles. The number of hydrogen-bond acceptors (Lipinski definition) is 6. The van der Waals surface area contributed by atoms with E-state index in [9.17, 15) is 22.8 Å². The minimum absolute atomic E-state index is 0.0555. The largest absolute Gasteiger partial charge is 0.442 e. The van der Waals surface area contributed by atoms with Gasteiger partial charge in [-0.25, -0.2) is 4.98 Å². The van der Waals surface area contributed by atoms with Crippen LogP contribution in [0.15, 0.2) is 39.8 Å². The van der Waals surface area contributed by atoms with Crippen molar-refractivity contribution < 1.29 is 27.1 Å². The molecule has 0 bridgehead atoms. The Hall–Kier alpha value is -3.18. The second-order valence-corrected chi connectivity index (χ2v) is 7.44. The molecule has 170 valence electrons. The minimum Gasteiger partial charge on any atom is -0.442 e. The van der Waals surface area contributed by atoms with Gasteiger partial charge in [-0.05, 0) is 24.6 Å². The van der Waals surface area contributed by atoms with Crippen LogP contribution in [0.4, 0.5) is 13.2 Å². The predicted octanol–water partition coefficient (Wildman–Crippen LogP) is 2.65. The molecule has 1 aliphatic rings. The zero-order chi connectivity index (χ0) is 22.9. The van der Waals surface area contributed by atoms with Gasteiger partial charge in [0.2, 0.25) is 5.71 Å². The third-order valence-electron chi connectivity index (χ3n) is 5.46. The topological polar surface area (TPSA) is 100 Å². The quantitative estimate of drug-likeness (QED) is 0.620. The van der Waals surface area contributed by atoms with Gasteiger partial charge in [-0.15, -0.1) is 0 Å². The van der Waals surface area contributed by atoms with Crippen molar-refractivity contribution in [2.45, 2.75) is 19.1 Å². The van der Waals surface area contributed by atoms with E-state index in [1.54, 1.807) is 6.92 Å². The van der Waals surface area contributed by atoms with E-state index in [2.05, 4.69) is 15.3 Å². The fourth-order valence-corrected chi connectivity index (χ4v) is 3.85. The number of benzene rings is 1. The summed E-state index contributed by atoms with van der Waals surface area (Å²) in [4.78, 5) is 33.5. The lowest BCUT2D eigenvalue weighted by Crippen LogP contribution is -2.44. The maximum absolute atomic E-state index is 13.0. The van der Waals surface area contributed by atoms with Crippen LogP contribution in [0.1, 0.15) is 33.3 Å². The molecule has 1 aromatic carbocycles. The molecular weight excluding hydrogens is 429 g/mol. The maximum Gasteiger partial charge on any atom is 0.416 e. The van der Waals surface area contributed by atoms with Crippen LogP contribution < -0.4 is 10.9 Å². The van der Waals surface area contributed by atoms with Crippen LogP contribution in [0, 0.1) is 6.92 Å². The highest BCUT2D eigenvalue weighted by Gasteiger charge is 2.31. The number of carbonyl (C=O) groups is 1. The van der Waals surface area contributed by atoms with Gasteiger partial charge >= 0.3 is 6.18 Å². The Bertz CT molecular complexity index is 1160. The number of rotatable bonds is 5. The van der Waals surface area contributed by atoms with E-state index in [4.69, 9.17) is 9.15 Å². The average Bonchev–Trinajstić information content (AvgIpc) is 3.11. The Morgan fingerprint density at radius 2 is 1.94 bits per heavy atom. The first kappa shape index (κ1) is 22.0. The molecule has 11 heteroatoms. The van der Waals surface area contributed by atoms with Crippen LogP contribution in [0.2, 0.25) is 0 Å². The van der Waals surface area contributed by atoms with Crippen molar-refractivity contribution in [1.82, 2.24) is 20.2 Å². The van der Waals surface area contributed by atoms with E-state index in [-0.39, 0.29) is 35.0 Å². The molecule has 1 unspecified atom stereocenters. The molecule has 0 aliphatic carbocycles. The number of furan rings is 1. The highest BCUT2D eigenvalue weighted by Crippen LogP contribution is 2.31. The molecule has 8 nitrogen and oxygen atoms in total. The zero-order valence-corrected chi connectivity index (χ0v) is 17.2. The van der Waals surface area contributed by atoms with E-state index in [1.165, 1.54) is 18.5 Å². The van der Waals surface area contributed by atoms with Gasteiger partial charge < -0.3 is 19.5 Å². The van der Waals surface area contributed by atoms with Crippen LogP contribution in [-0.4, -0.2) is 53.6 Å². The van der Waals surface area contributed by atoms with Gasteiger partial charge in [-0.1, -0.05) is 12.1 Å².